The van der Waals surface area contributed by atoms with Crippen molar-refractivity contribution in [1.29, 1.82) is 0 Å². The van der Waals surface area contributed by atoms with E-state index in [1.807, 2.05) is 37.3 Å². The Kier molecular flexibility index (Phi) is 4.24. The van der Waals surface area contributed by atoms with Crippen LogP contribution in [0.5, 0.6) is 0 Å². The summed E-state index contributed by atoms with van der Waals surface area (Å²) in [5.41, 5.74) is 1.13. The molecule has 2 aliphatic rings. The summed E-state index contributed by atoms with van der Waals surface area (Å²) in [4.78, 5) is 14.0. The Bertz CT molecular complexity index is 849. The fraction of sp³-hybridized carbons (Fsp3) is 0.381. The number of hydrogen-bond donors (Lipinski definition) is 0. The third-order valence-electron chi connectivity index (χ3n) is 5.75. The lowest BCUT2D eigenvalue weighted by Gasteiger charge is -2.26. The first-order chi connectivity index (χ1) is 12.1. The highest BCUT2D eigenvalue weighted by Gasteiger charge is 2.47. The van der Waals surface area contributed by atoms with Gasteiger partial charge in [-0.25, -0.2) is 4.21 Å². The highest BCUT2D eigenvalue weighted by Crippen LogP contribution is 2.50. The van der Waals surface area contributed by atoms with Crippen LogP contribution < -0.4 is 0 Å². The van der Waals surface area contributed by atoms with Gasteiger partial charge in [-0.3, -0.25) is 9.36 Å². The van der Waals surface area contributed by atoms with Crippen molar-refractivity contribution in [3.05, 3.63) is 60.3 Å². The topological polar surface area (TPSA) is 39.1 Å². The summed E-state index contributed by atoms with van der Waals surface area (Å²) in [5.74, 6) is 1.40. The molecule has 2 bridgehead atoms. The van der Waals surface area contributed by atoms with Crippen LogP contribution in [0.2, 0.25) is 0 Å². The van der Waals surface area contributed by atoms with Gasteiger partial charge in [-0.15, -0.1) is 0 Å². The molecule has 1 aromatic heterocycles. The average molecular weight is 353 g/mol. The number of fused-ring (bicyclic) bond motifs is 2. The van der Waals surface area contributed by atoms with E-state index < -0.39 is 10.8 Å². The van der Waals surface area contributed by atoms with Crippen molar-refractivity contribution in [2.45, 2.75) is 36.6 Å². The first kappa shape index (κ1) is 16.5. The van der Waals surface area contributed by atoms with E-state index in [9.17, 15) is 9.00 Å². The van der Waals surface area contributed by atoms with E-state index in [-0.39, 0.29) is 11.8 Å². The Morgan fingerprint density at radius 1 is 1.16 bits per heavy atom. The molecule has 0 spiro atoms. The van der Waals surface area contributed by atoms with Gasteiger partial charge in [0.25, 0.3) is 0 Å². The number of carbonyl (C=O) groups excluding carboxylic acids is 1. The molecule has 0 N–H and O–H groups in total. The molecule has 0 saturated heterocycles. The number of nitrogens with zero attached hydrogens (tertiary/aromatic N) is 1. The van der Waals surface area contributed by atoms with Gasteiger partial charge in [0.05, 0.1) is 0 Å². The standard InChI is InChI=1S/C21H23NO2S/c1-3-18-15-8-9-16(13-15)20(18)21(23)22-12-4-5-19(22)25(24)17-10-6-14(2)7-11-17/h4-12,15-16,18,20H,3,13H2,1-2H3/t15-,16+,18+,20-,25?/m1/s1. The predicted octanol–water partition coefficient (Wildman–Crippen LogP) is 4.45. The van der Waals surface area contributed by atoms with E-state index in [1.54, 1.807) is 16.8 Å². The molecule has 4 heteroatoms. The van der Waals surface area contributed by atoms with Gasteiger partial charge >= 0.3 is 0 Å². The van der Waals surface area contributed by atoms with Gasteiger partial charge in [0.15, 0.2) is 0 Å². The van der Waals surface area contributed by atoms with Crippen molar-refractivity contribution < 1.29 is 9.00 Å². The van der Waals surface area contributed by atoms with Crippen LogP contribution in [0, 0.1) is 30.6 Å². The Balaban J connectivity index is 1.65. The summed E-state index contributed by atoms with van der Waals surface area (Å²) >= 11 is 0. The molecule has 0 radical (unpaired) electrons. The van der Waals surface area contributed by atoms with Gasteiger partial charge in [-0.05, 0) is 55.4 Å². The van der Waals surface area contributed by atoms with Crippen molar-refractivity contribution in [2.24, 2.45) is 23.7 Å². The molecule has 0 amide bonds. The zero-order valence-corrected chi connectivity index (χ0v) is 15.4. The first-order valence-corrected chi connectivity index (χ1v) is 10.1. The van der Waals surface area contributed by atoms with Crippen molar-refractivity contribution >= 4 is 16.7 Å². The molecule has 130 valence electrons. The molecule has 4 rings (SSSR count). The minimum atomic E-state index is -1.35. The van der Waals surface area contributed by atoms with Crippen molar-refractivity contribution in [3.63, 3.8) is 0 Å². The van der Waals surface area contributed by atoms with E-state index in [4.69, 9.17) is 0 Å². The molecular weight excluding hydrogens is 330 g/mol. The smallest absolute Gasteiger partial charge is 0.235 e. The minimum Gasteiger partial charge on any atom is -0.279 e. The molecule has 25 heavy (non-hydrogen) atoms. The number of allylic oxidation sites excluding steroid dienone is 2. The largest absolute Gasteiger partial charge is 0.279 e. The van der Waals surface area contributed by atoms with Crippen molar-refractivity contribution in [2.75, 3.05) is 0 Å². The fourth-order valence-electron chi connectivity index (χ4n) is 4.49. The number of benzene rings is 1. The maximum absolute atomic E-state index is 13.3. The lowest BCUT2D eigenvalue weighted by Crippen LogP contribution is -2.32. The maximum Gasteiger partial charge on any atom is 0.235 e. The summed E-state index contributed by atoms with van der Waals surface area (Å²) in [6, 6.07) is 11.3. The fourth-order valence-corrected chi connectivity index (χ4v) is 5.65. The predicted molar refractivity (Wildman–Crippen MR) is 98.9 cm³/mol. The molecule has 2 aliphatic carbocycles. The maximum atomic E-state index is 13.3. The van der Waals surface area contributed by atoms with Crippen molar-refractivity contribution in [1.82, 2.24) is 4.57 Å². The number of hydrogen-bond acceptors (Lipinski definition) is 2. The van der Waals surface area contributed by atoms with E-state index in [0.717, 1.165) is 23.3 Å². The summed E-state index contributed by atoms with van der Waals surface area (Å²) in [6.45, 7) is 4.17. The van der Waals surface area contributed by atoms with Crippen LogP contribution in [0.3, 0.4) is 0 Å². The van der Waals surface area contributed by atoms with E-state index in [2.05, 4.69) is 19.1 Å². The number of aryl methyl sites for hydroxylation is 1. The molecule has 0 aliphatic heterocycles. The number of rotatable bonds is 4. The second-order valence-electron chi connectivity index (χ2n) is 7.18. The molecule has 2 aromatic rings. The monoisotopic (exact) mass is 353 g/mol. The summed E-state index contributed by atoms with van der Waals surface area (Å²) < 4.78 is 14.6. The lowest BCUT2D eigenvalue weighted by molar-refractivity contribution is 0.0754. The quantitative estimate of drug-likeness (QED) is 0.762. The van der Waals surface area contributed by atoms with Gasteiger partial charge < -0.3 is 0 Å². The molecular formula is C21H23NO2S. The molecule has 3 nitrogen and oxygen atoms in total. The van der Waals surface area contributed by atoms with Gasteiger partial charge in [-0.2, -0.15) is 0 Å². The van der Waals surface area contributed by atoms with Crippen LogP contribution in [-0.4, -0.2) is 14.7 Å². The average Bonchev–Trinajstić information content (AvgIpc) is 3.35. The summed E-state index contributed by atoms with van der Waals surface area (Å²) in [7, 11) is -1.35. The third kappa shape index (κ3) is 2.73. The SMILES string of the molecule is CC[C@@H]1[C@H](C(=O)n2cccc2S(=O)c2ccc(C)cc2)[C@H]2C=C[C@@H]1C2. The van der Waals surface area contributed by atoms with Crippen LogP contribution in [-0.2, 0) is 10.8 Å². The summed E-state index contributed by atoms with van der Waals surface area (Å²) in [6.07, 6.45) is 8.36. The Labute approximate surface area is 151 Å². The highest BCUT2D eigenvalue weighted by molar-refractivity contribution is 7.85. The second kappa shape index (κ2) is 6.41. The van der Waals surface area contributed by atoms with Crippen LogP contribution in [0.4, 0.5) is 0 Å². The molecule has 1 saturated carbocycles. The van der Waals surface area contributed by atoms with Gasteiger partial charge in [0.1, 0.15) is 15.8 Å². The summed E-state index contributed by atoms with van der Waals surface area (Å²) in [5, 5.41) is 0.579. The Morgan fingerprint density at radius 3 is 2.60 bits per heavy atom. The van der Waals surface area contributed by atoms with Gasteiger partial charge in [0, 0.05) is 17.0 Å². The second-order valence-corrected chi connectivity index (χ2v) is 8.61. The number of carbonyl (C=O) groups is 1. The molecule has 1 unspecified atom stereocenters. The van der Waals surface area contributed by atoms with Crippen LogP contribution in [0.15, 0.2) is 64.7 Å². The first-order valence-electron chi connectivity index (χ1n) is 8.98. The van der Waals surface area contributed by atoms with E-state index >= 15 is 0 Å². The van der Waals surface area contributed by atoms with Crippen molar-refractivity contribution in [3.8, 4) is 0 Å². The Hall–Kier alpha value is -1.94. The normalized spacial score (nSPS) is 28.4. The number of aromatic nitrogens is 1. The zero-order valence-electron chi connectivity index (χ0n) is 14.6. The molecule has 1 aromatic carbocycles. The van der Waals surface area contributed by atoms with Crippen LogP contribution >= 0.6 is 0 Å². The molecule has 1 heterocycles. The molecule has 1 fully saturated rings. The highest BCUT2D eigenvalue weighted by atomic mass is 32.2. The van der Waals surface area contributed by atoms with Crippen LogP contribution in [0.1, 0.15) is 30.1 Å². The minimum absolute atomic E-state index is 0.0150. The third-order valence-corrected chi connectivity index (χ3v) is 7.17. The Morgan fingerprint density at radius 2 is 1.88 bits per heavy atom. The van der Waals surface area contributed by atoms with E-state index in [1.165, 1.54) is 0 Å². The zero-order chi connectivity index (χ0) is 17.6. The molecule has 5 atom stereocenters. The van der Waals surface area contributed by atoms with Crippen LogP contribution in [0.25, 0.3) is 0 Å². The van der Waals surface area contributed by atoms with Gasteiger partial charge in [0.2, 0.25) is 5.91 Å². The van der Waals surface area contributed by atoms with Gasteiger partial charge in [-0.1, -0.05) is 43.2 Å². The lowest BCUT2D eigenvalue weighted by atomic mass is 9.81. The van der Waals surface area contributed by atoms with E-state index in [0.29, 0.717) is 22.8 Å².